The molecule has 1 aromatic carbocycles. The van der Waals surface area contributed by atoms with Crippen LogP contribution in [0.5, 0.6) is 0 Å². The maximum Gasteiger partial charge on any atom is 0.348 e. The van der Waals surface area contributed by atoms with Crippen molar-refractivity contribution in [3.63, 3.8) is 0 Å². The molecule has 0 unspecified atom stereocenters. The van der Waals surface area contributed by atoms with Crippen molar-refractivity contribution in [1.82, 2.24) is 4.90 Å². The minimum Gasteiger partial charge on any atom is -0.462 e. The SMILES string of the molecule is CCOC(=O)/C(C#N)=C/c1ccc(C=C2SC(=S)N(CC)C2=O)cc1. The van der Waals surface area contributed by atoms with Gasteiger partial charge in [0.1, 0.15) is 16.0 Å². The maximum absolute atomic E-state index is 12.2. The van der Waals surface area contributed by atoms with E-state index in [0.717, 1.165) is 5.56 Å². The molecule has 0 atom stereocenters. The molecule has 0 aromatic heterocycles. The van der Waals surface area contributed by atoms with Gasteiger partial charge in [-0.25, -0.2) is 4.79 Å². The zero-order valence-corrected chi connectivity index (χ0v) is 15.4. The first kappa shape index (κ1) is 18.9. The summed E-state index contributed by atoms with van der Waals surface area (Å²) < 4.78 is 5.39. The normalized spacial score (nSPS) is 16.3. The molecule has 2 rings (SSSR count). The standard InChI is InChI=1S/C18H16N2O3S2/c1-3-20-16(21)15(25-18(20)24)10-13-7-5-12(6-8-13)9-14(11-19)17(22)23-4-2/h5-10H,3-4H2,1-2H3/b14-9+,15-10?. The highest BCUT2D eigenvalue weighted by Crippen LogP contribution is 2.32. The molecule has 0 saturated carbocycles. The number of carbonyl (C=O) groups excluding carboxylic acids is 2. The Morgan fingerprint density at radius 3 is 2.48 bits per heavy atom. The Balaban J connectivity index is 2.19. The minimum absolute atomic E-state index is 0.0570. The molecule has 0 spiro atoms. The Kier molecular flexibility index (Phi) is 6.51. The lowest BCUT2D eigenvalue weighted by Crippen LogP contribution is -2.27. The van der Waals surface area contributed by atoms with Crippen molar-refractivity contribution in [2.75, 3.05) is 13.2 Å². The number of ether oxygens (including phenoxy) is 1. The predicted octanol–water partition coefficient (Wildman–Crippen LogP) is 3.38. The van der Waals surface area contributed by atoms with Crippen LogP contribution in [0.15, 0.2) is 34.7 Å². The molecular weight excluding hydrogens is 356 g/mol. The van der Waals surface area contributed by atoms with E-state index in [1.165, 1.54) is 17.8 Å². The summed E-state index contributed by atoms with van der Waals surface area (Å²) in [5.74, 6) is -0.729. The summed E-state index contributed by atoms with van der Waals surface area (Å²) in [6.07, 6.45) is 3.25. The summed E-state index contributed by atoms with van der Waals surface area (Å²) in [5.41, 5.74) is 1.48. The van der Waals surface area contributed by atoms with Crippen LogP contribution in [0.25, 0.3) is 12.2 Å². The third-order valence-corrected chi connectivity index (χ3v) is 4.73. The fourth-order valence-corrected chi connectivity index (χ4v) is 3.51. The van der Waals surface area contributed by atoms with E-state index in [-0.39, 0.29) is 18.1 Å². The highest BCUT2D eigenvalue weighted by molar-refractivity contribution is 8.26. The number of carbonyl (C=O) groups is 2. The minimum atomic E-state index is -0.641. The molecule has 0 aliphatic carbocycles. The molecule has 128 valence electrons. The second kappa shape index (κ2) is 8.60. The van der Waals surface area contributed by atoms with Gasteiger partial charge in [-0.05, 0) is 37.1 Å². The number of hydrogen-bond donors (Lipinski definition) is 0. The van der Waals surface area contributed by atoms with Gasteiger partial charge in [-0.2, -0.15) is 5.26 Å². The molecule has 1 heterocycles. The second-order valence-electron chi connectivity index (χ2n) is 4.98. The number of nitriles is 1. The van der Waals surface area contributed by atoms with E-state index in [1.54, 1.807) is 30.0 Å². The number of hydrogen-bond acceptors (Lipinski definition) is 6. The molecule has 1 aliphatic rings. The largest absolute Gasteiger partial charge is 0.462 e. The Labute approximate surface area is 155 Å². The van der Waals surface area contributed by atoms with Crippen LogP contribution >= 0.6 is 24.0 Å². The highest BCUT2D eigenvalue weighted by atomic mass is 32.2. The molecule has 0 N–H and O–H groups in total. The maximum atomic E-state index is 12.2. The average Bonchev–Trinajstić information content (AvgIpc) is 2.87. The van der Waals surface area contributed by atoms with Gasteiger partial charge in [0, 0.05) is 6.54 Å². The van der Waals surface area contributed by atoms with Gasteiger partial charge >= 0.3 is 5.97 Å². The topological polar surface area (TPSA) is 70.4 Å². The van der Waals surface area contributed by atoms with Gasteiger partial charge in [0.05, 0.1) is 11.5 Å². The molecular formula is C18H16N2O3S2. The zero-order chi connectivity index (χ0) is 18.4. The van der Waals surface area contributed by atoms with Gasteiger partial charge in [0.25, 0.3) is 5.91 Å². The summed E-state index contributed by atoms with van der Waals surface area (Å²) in [6.45, 7) is 4.33. The summed E-state index contributed by atoms with van der Waals surface area (Å²) in [5, 5.41) is 9.05. The molecule has 1 saturated heterocycles. The molecule has 5 nitrogen and oxygen atoms in total. The fourth-order valence-electron chi connectivity index (χ4n) is 2.12. The van der Waals surface area contributed by atoms with Crippen LogP contribution in [-0.2, 0) is 14.3 Å². The van der Waals surface area contributed by atoms with Gasteiger partial charge < -0.3 is 4.74 Å². The fraction of sp³-hybridized carbons (Fsp3) is 0.222. The quantitative estimate of drug-likeness (QED) is 0.342. The Morgan fingerprint density at radius 1 is 1.32 bits per heavy atom. The molecule has 7 heteroatoms. The third kappa shape index (κ3) is 4.56. The first-order valence-corrected chi connectivity index (χ1v) is 8.87. The summed E-state index contributed by atoms with van der Waals surface area (Å²) in [4.78, 5) is 26.0. The van der Waals surface area contributed by atoms with Crippen LogP contribution in [0, 0.1) is 11.3 Å². The number of rotatable bonds is 5. The van der Waals surface area contributed by atoms with Crippen LogP contribution in [0.4, 0.5) is 0 Å². The Bertz CT molecular complexity index is 805. The number of thiocarbonyl (C=S) groups is 1. The molecule has 0 radical (unpaired) electrons. The lowest BCUT2D eigenvalue weighted by Gasteiger charge is -2.09. The number of amides is 1. The predicted molar refractivity (Wildman–Crippen MR) is 102 cm³/mol. The van der Waals surface area contributed by atoms with Crippen LogP contribution in [0.3, 0.4) is 0 Å². The van der Waals surface area contributed by atoms with E-state index in [2.05, 4.69) is 0 Å². The smallest absolute Gasteiger partial charge is 0.348 e. The average molecular weight is 372 g/mol. The molecule has 1 amide bonds. The molecule has 1 fully saturated rings. The van der Waals surface area contributed by atoms with Gasteiger partial charge in [-0.15, -0.1) is 0 Å². The second-order valence-corrected chi connectivity index (χ2v) is 6.66. The van der Waals surface area contributed by atoms with E-state index < -0.39 is 5.97 Å². The van der Waals surface area contributed by atoms with Gasteiger partial charge in [-0.3, -0.25) is 9.69 Å². The summed E-state index contributed by atoms with van der Waals surface area (Å²) in [6, 6.07) is 8.99. The lowest BCUT2D eigenvalue weighted by atomic mass is 10.1. The lowest BCUT2D eigenvalue weighted by molar-refractivity contribution is -0.137. The number of thioether (sulfide) groups is 1. The third-order valence-electron chi connectivity index (χ3n) is 3.35. The van der Waals surface area contributed by atoms with Crippen molar-refractivity contribution in [2.45, 2.75) is 13.8 Å². The Morgan fingerprint density at radius 2 is 1.96 bits per heavy atom. The van der Waals surface area contributed by atoms with Crippen LogP contribution in [0.1, 0.15) is 25.0 Å². The number of likely N-dealkylation sites (N-methyl/N-ethyl adjacent to an activating group) is 1. The molecule has 1 aromatic rings. The van der Waals surface area contributed by atoms with E-state index in [4.69, 9.17) is 22.2 Å². The van der Waals surface area contributed by atoms with Crippen LogP contribution < -0.4 is 0 Å². The number of esters is 1. The van der Waals surface area contributed by atoms with Crippen LogP contribution in [0.2, 0.25) is 0 Å². The van der Waals surface area contributed by atoms with Crippen molar-refractivity contribution in [1.29, 1.82) is 5.26 Å². The summed E-state index contributed by atoms with van der Waals surface area (Å²) >= 11 is 6.46. The molecule has 1 aliphatic heterocycles. The van der Waals surface area contributed by atoms with Crippen molar-refractivity contribution in [3.8, 4) is 6.07 Å². The summed E-state index contributed by atoms with van der Waals surface area (Å²) in [7, 11) is 0. The van der Waals surface area contributed by atoms with Gasteiger partial charge in [0.15, 0.2) is 0 Å². The van der Waals surface area contributed by atoms with Crippen molar-refractivity contribution < 1.29 is 14.3 Å². The van der Waals surface area contributed by atoms with Crippen molar-refractivity contribution in [2.24, 2.45) is 0 Å². The van der Waals surface area contributed by atoms with Crippen molar-refractivity contribution >= 4 is 52.3 Å². The van der Waals surface area contributed by atoms with Gasteiger partial charge in [0.2, 0.25) is 0 Å². The van der Waals surface area contributed by atoms with Gasteiger partial charge in [-0.1, -0.05) is 48.2 Å². The molecule has 25 heavy (non-hydrogen) atoms. The highest BCUT2D eigenvalue weighted by Gasteiger charge is 2.30. The van der Waals surface area contributed by atoms with Crippen molar-refractivity contribution in [3.05, 3.63) is 45.9 Å². The van der Waals surface area contributed by atoms with E-state index in [0.29, 0.717) is 21.3 Å². The zero-order valence-electron chi connectivity index (χ0n) is 13.8. The Hall–Kier alpha value is -2.43. The first-order valence-electron chi connectivity index (χ1n) is 7.64. The van der Waals surface area contributed by atoms with E-state index in [9.17, 15) is 9.59 Å². The number of nitrogens with zero attached hydrogens (tertiary/aromatic N) is 2. The van der Waals surface area contributed by atoms with E-state index >= 15 is 0 Å². The van der Waals surface area contributed by atoms with Crippen LogP contribution in [-0.4, -0.2) is 34.2 Å². The number of benzene rings is 1. The first-order chi connectivity index (χ1) is 12.0. The van der Waals surface area contributed by atoms with E-state index in [1.807, 2.05) is 25.1 Å². The monoisotopic (exact) mass is 372 g/mol. The molecule has 0 bridgehead atoms.